The van der Waals surface area contributed by atoms with Gasteiger partial charge in [-0.2, -0.15) is 5.26 Å². The van der Waals surface area contributed by atoms with Gasteiger partial charge in [0.1, 0.15) is 16.6 Å². The highest BCUT2D eigenvalue weighted by Crippen LogP contribution is 2.29. The molecule has 3 heterocycles. The third-order valence-electron chi connectivity index (χ3n) is 5.05. The van der Waals surface area contributed by atoms with Gasteiger partial charge in [-0.3, -0.25) is 4.90 Å². The molecule has 1 aliphatic carbocycles. The van der Waals surface area contributed by atoms with Crippen molar-refractivity contribution in [1.29, 1.82) is 5.26 Å². The van der Waals surface area contributed by atoms with Crippen molar-refractivity contribution >= 4 is 11.3 Å². The number of hydrogen-bond acceptors (Lipinski definition) is 6. The number of aromatic nitrogens is 2. The molecule has 2 aliphatic rings. The van der Waals surface area contributed by atoms with Gasteiger partial charge in [0.2, 0.25) is 5.88 Å². The molecule has 0 radical (unpaired) electrons. The Morgan fingerprint density at radius 1 is 1.32 bits per heavy atom. The minimum Gasteiger partial charge on any atom is -0.476 e. The number of ether oxygens (including phenoxy) is 1. The third kappa shape index (κ3) is 3.83. The van der Waals surface area contributed by atoms with E-state index in [9.17, 15) is 0 Å². The van der Waals surface area contributed by atoms with Crippen LogP contribution in [0.3, 0.4) is 0 Å². The first-order valence-electron chi connectivity index (χ1n) is 8.99. The Morgan fingerprint density at radius 3 is 3.00 bits per heavy atom. The van der Waals surface area contributed by atoms with Gasteiger partial charge in [-0.15, -0.1) is 11.3 Å². The van der Waals surface area contributed by atoms with Crippen molar-refractivity contribution < 1.29 is 4.74 Å². The molecule has 0 bridgehead atoms. The van der Waals surface area contributed by atoms with Crippen LogP contribution in [0.2, 0.25) is 0 Å². The zero-order chi connectivity index (χ0) is 17.1. The topological polar surface area (TPSA) is 62.0 Å². The van der Waals surface area contributed by atoms with Gasteiger partial charge in [-0.05, 0) is 63.2 Å². The lowest BCUT2D eigenvalue weighted by Crippen LogP contribution is -2.35. The second-order valence-corrected chi connectivity index (χ2v) is 8.00. The number of fused-ring (bicyclic) bond motifs is 1. The lowest BCUT2D eigenvalue weighted by atomic mass is 9.98. The number of nitrogens with zero attached hydrogens (tertiary/aromatic N) is 4. The Balaban J connectivity index is 1.25. The standard InChI is InChI=1S/C19H22N4OS/c20-11-15-3-2-8-21-19(15)24-13-14-6-9-23(10-7-14)12-18-22-16-4-1-5-17(16)25-18/h2-3,8,14H,1,4-7,9-10,12-13H2. The normalized spacial score (nSPS) is 18.0. The number of pyridine rings is 1. The summed E-state index contributed by atoms with van der Waals surface area (Å²) in [7, 11) is 0. The predicted octanol–water partition coefficient (Wildman–Crippen LogP) is 3.19. The molecule has 25 heavy (non-hydrogen) atoms. The Kier molecular flexibility index (Phi) is 4.95. The number of piperidine rings is 1. The van der Waals surface area contributed by atoms with Crippen LogP contribution in [0.4, 0.5) is 0 Å². The van der Waals surface area contributed by atoms with Crippen LogP contribution in [0, 0.1) is 17.2 Å². The zero-order valence-corrected chi connectivity index (χ0v) is 15.1. The molecule has 1 aliphatic heterocycles. The minimum atomic E-state index is 0.463. The second kappa shape index (κ2) is 7.51. The van der Waals surface area contributed by atoms with E-state index < -0.39 is 0 Å². The number of aryl methyl sites for hydroxylation is 2. The lowest BCUT2D eigenvalue weighted by molar-refractivity contribution is 0.134. The van der Waals surface area contributed by atoms with Crippen LogP contribution < -0.4 is 4.74 Å². The number of nitriles is 1. The summed E-state index contributed by atoms with van der Waals surface area (Å²) in [6, 6.07) is 5.64. The van der Waals surface area contributed by atoms with Crippen LogP contribution in [0.25, 0.3) is 0 Å². The average Bonchev–Trinajstić information content (AvgIpc) is 3.23. The van der Waals surface area contributed by atoms with Gasteiger partial charge in [-0.25, -0.2) is 9.97 Å². The second-order valence-electron chi connectivity index (χ2n) is 6.83. The molecule has 130 valence electrons. The molecule has 1 saturated heterocycles. The SMILES string of the molecule is N#Cc1cccnc1OCC1CCN(Cc2nc3c(s2)CCC3)CC1. The summed E-state index contributed by atoms with van der Waals surface area (Å²) >= 11 is 1.91. The van der Waals surface area contributed by atoms with E-state index in [2.05, 4.69) is 16.0 Å². The van der Waals surface area contributed by atoms with E-state index in [1.54, 1.807) is 18.3 Å². The molecular formula is C19H22N4OS. The summed E-state index contributed by atoms with van der Waals surface area (Å²) in [4.78, 5) is 13.0. The summed E-state index contributed by atoms with van der Waals surface area (Å²) in [5.41, 5.74) is 1.86. The highest BCUT2D eigenvalue weighted by molar-refractivity contribution is 7.11. The maximum Gasteiger partial charge on any atom is 0.231 e. The molecule has 6 heteroatoms. The molecule has 0 saturated carbocycles. The largest absolute Gasteiger partial charge is 0.476 e. The van der Waals surface area contributed by atoms with Crippen molar-refractivity contribution in [1.82, 2.24) is 14.9 Å². The molecule has 5 nitrogen and oxygen atoms in total. The van der Waals surface area contributed by atoms with E-state index in [-0.39, 0.29) is 0 Å². The fourth-order valence-corrected chi connectivity index (χ4v) is 4.80. The van der Waals surface area contributed by atoms with Crippen molar-refractivity contribution in [3.8, 4) is 11.9 Å². The van der Waals surface area contributed by atoms with E-state index in [1.165, 1.54) is 34.8 Å². The van der Waals surface area contributed by atoms with E-state index in [4.69, 9.17) is 15.0 Å². The van der Waals surface area contributed by atoms with Crippen molar-refractivity contribution in [3.63, 3.8) is 0 Å². The summed E-state index contributed by atoms with van der Waals surface area (Å²) in [6.45, 7) is 3.81. The third-order valence-corrected chi connectivity index (χ3v) is 6.20. The number of thiazole rings is 1. The first-order chi connectivity index (χ1) is 12.3. The summed E-state index contributed by atoms with van der Waals surface area (Å²) < 4.78 is 5.80. The first-order valence-corrected chi connectivity index (χ1v) is 9.81. The van der Waals surface area contributed by atoms with E-state index in [0.717, 1.165) is 32.5 Å². The van der Waals surface area contributed by atoms with E-state index in [1.807, 2.05) is 11.3 Å². The van der Waals surface area contributed by atoms with Crippen LogP contribution in [0.5, 0.6) is 5.88 Å². The van der Waals surface area contributed by atoms with E-state index in [0.29, 0.717) is 24.0 Å². The minimum absolute atomic E-state index is 0.463. The Hall–Kier alpha value is -1.97. The van der Waals surface area contributed by atoms with Crippen molar-refractivity contribution in [2.45, 2.75) is 38.6 Å². The van der Waals surface area contributed by atoms with Crippen LogP contribution in [-0.2, 0) is 19.4 Å². The summed E-state index contributed by atoms with van der Waals surface area (Å²) in [5.74, 6) is 0.996. The predicted molar refractivity (Wildman–Crippen MR) is 96.6 cm³/mol. The van der Waals surface area contributed by atoms with Crippen LogP contribution in [-0.4, -0.2) is 34.6 Å². The molecule has 1 fully saturated rings. The van der Waals surface area contributed by atoms with Gasteiger partial charge in [0.15, 0.2) is 0 Å². The molecule has 2 aromatic heterocycles. The van der Waals surface area contributed by atoms with Crippen molar-refractivity contribution in [2.75, 3.05) is 19.7 Å². The molecular weight excluding hydrogens is 332 g/mol. The number of likely N-dealkylation sites (tertiary alicyclic amines) is 1. The van der Waals surface area contributed by atoms with Crippen LogP contribution >= 0.6 is 11.3 Å². The van der Waals surface area contributed by atoms with Crippen LogP contribution in [0.15, 0.2) is 18.3 Å². The molecule has 0 amide bonds. The fraction of sp³-hybridized carbons (Fsp3) is 0.526. The van der Waals surface area contributed by atoms with Gasteiger partial charge in [0.05, 0.1) is 18.8 Å². The van der Waals surface area contributed by atoms with Gasteiger partial charge in [0.25, 0.3) is 0 Å². The maximum absolute atomic E-state index is 9.09. The van der Waals surface area contributed by atoms with Gasteiger partial charge >= 0.3 is 0 Å². The summed E-state index contributed by atoms with van der Waals surface area (Å²) in [6.07, 6.45) is 7.60. The lowest BCUT2D eigenvalue weighted by Gasteiger charge is -2.31. The molecule has 0 spiro atoms. The fourth-order valence-electron chi connectivity index (χ4n) is 3.60. The maximum atomic E-state index is 9.09. The average molecular weight is 354 g/mol. The summed E-state index contributed by atoms with van der Waals surface area (Å²) in [5, 5.41) is 10.4. The van der Waals surface area contributed by atoms with Crippen molar-refractivity contribution in [2.24, 2.45) is 5.92 Å². The quantitative estimate of drug-likeness (QED) is 0.825. The highest BCUT2D eigenvalue weighted by atomic mass is 32.1. The Bertz CT molecular complexity index is 752. The smallest absolute Gasteiger partial charge is 0.231 e. The van der Waals surface area contributed by atoms with Gasteiger partial charge in [-0.1, -0.05) is 0 Å². The van der Waals surface area contributed by atoms with Crippen LogP contribution in [0.1, 0.15) is 40.4 Å². The monoisotopic (exact) mass is 354 g/mol. The van der Waals surface area contributed by atoms with Gasteiger partial charge < -0.3 is 4.74 Å². The number of rotatable bonds is 5. The molecule has 0 N–H and O–H groups in total. The molecule has 0 unspecified atom stereocenters. The Labute approximate surface area is 152 Å². The molecule has 2 aromatic rings. The molecule has 4 rings (SSSR count). The molecule has 0 atom stereocenters. The van der Waals surface area contributed by atoms with Gasteiger partial charge in [0, 0.05) is 11.1 Å². The zero-order valence-electron chi connectivity index (χ0n) is 14.3. The van der Waals surface area contributed by atoms with Crippen molar-refractivity contribution in [3.05, 3.63) is 39.5 Å². The highest BCUT2D eigenvalue weighted by Gasteiger charge is 2.23. The number of hydrogen-bond donors (Lipinski definition) is 0. The molecule has 0 aromatic carbocycles. The van der Waals surface area contributed by atoms with E-state index >= 15 is 0 Å². The first kappa shape index (κ1) is 16.5. The Morgan fingerprint density at radius 2 is 2.20 bits per heavy atom.